The number of halogens is 2. The zero-order chi connectivity index (χ0) is 19.4. The van der Waals surface area contributed by atoms with E-state index in [1.165, 1.54) is 25.4 Å². The van der Waals surface area contributed by atoms with Gasteiger partial charge < -0.3 is 19.1 Å². The second kappa shape index (κ2) is 8.30. The molecule has 1 aliphatic heterocycles. The highest BCUT2D eigenvalue weighted by Gasteiger charge is 2.28. The van der Waals surface area contributed by atoms with E-state index in [-0.39, 0.29) is 11.7 Å². The van der Waals surface area contributed by atoms with Crippen molar-refractivity contribution >= 4 is 5.91 Å². The molecular weight excluding hydrogens is 358 g/mol. The number of morpholine rings is 1. The van der Waals surface area contributed by atoms with E-state index >= 15 is 0 Å². The van der Waals surface area contributed by atoms with Crippen molar-refractivity contribution in [2.45, 2.75) is 19.6 Å². The first kappa shape index (κ1) is 19.0. The number of hydrogen-bond donors (Lipinski definition) is 0. The summed E-state index contributed by atoms with van der Waals surface area (Å²) in [5.74, 6) is 0.428. The van der Waals surface area contributed by atoms with Gasteiger partial charge in [0.25, 0.3) is 5.91 Å². The van der Waals surface area contributed by atoms with Gasteiger partial charge in [-0.05, 0) is 24.6 Å². The van der Waals surface area contributed by atoms with Crippen molar-refractivity contribution in [3.8, 4) is 11.5 Å². The molecule has 0 aliphatic carbocycles. The lowest BCUT2D eigenvalue weighted by Crippen LogP contribution is -2.42. The van der Waals surface area contributed by atoms with Crippen molar-refractivity contribution in [1.29, 1.82) is 0 Å². The molecule has 0 bridgehead atoms. The van der Waals surface area contributed by atoms with Gasteiger partial charge in [0.1, 0.15) is 17.6 Å². The van der Waals surface area contributed by atoms with Crippen molar-refractivity contribution < 1.29 is 27.8 Å². The molecule has 0 saturated carbocycles. The van der Waals surface area contributed by atoms with Crippen LogP contribution in [0.4, 0.5) is 8.78 Å². The average Bonchev–Trinajstić information content (AvgIpc) is 2.67. The van der Waals surface area contributed by atoms with E-state index in [0.717, 1.165) is 0 Å². The van der Waals surface area contributed by atoms with Gasteiger partial charge in [0, 0.05) is 18.3 Å². The predicted octanol–water partition coefficient (Wildman–Crippen LogP) is 3.21. The Labute approximate surface area is 155 Å². The number of nitrogens with zero attached hydrogens (tertiary/aromatic N) is 2. The van der Waals surface area contributed by atoms with Gasteiger partial charge in [0.2, 0.25) is 0 Å². The Hall–Kier alpha value is -2.74. The molecule has 3 rings (SSSR count). The van der Waals surface area contributed by atoms with Gasteiger partial charge in [-0.2, -0.15) is 8.78 Å². The Morgan fingerprint density at radius 1 is 1.37 bits per heavy atom. The standard InChI is InChI=1S/C19H20F2N2O4/c1-12-15(9-22-10-16(12)25-2)18(24)23-6-7-26-17(11-23)13-4-3-5-14(8-13)27-19(20)21/h3-5,8-10,17,19H,6-7,11H2,1-2H3. The van der Waals surface area contributed by atoms with Crippen LogP contribution in [0.5, 0.6) is 11.5 Å². The first-order chi connectivity index (χ1) is 13.0. The van der Waals surface area contributed by atoms with E-state index in [2.05, 4.69) is 9.72 Å². The van der Waals surface area contributed by atoms with Crippen LogP contribution in [-0.4, -0.2) is 49.2 Å². The Kier molecular flexibility index (Phi) is 5.85. The number of rotatable bonds is 5. The lowest BCUT2D eigenvalue weighted by molar-refractivity contribution is -0.0504. The summed E-state index contributed by atoms with van der Waals surface area (Å²) in [6.45, 7) is -0.0229. The molecule has 1 atom stereocenters. The van der Waals surface area contributed by atoms with Crippen LogP contribution >= 0.6 is 0 Å². The number of pyridine rings is 1. The highest BCUT2D eigenvalue weighted by Crippen LogP contribution is 2.28. The summed E-state index contributed by atoms with van der Waals surface area (Å²) < 4.78 is 40.3. The number of carbonyl (C=O) groups excluding carboxylic acids is 1. The molecule has 1 saturated heterocycles. The molecule has 1 unspecified atom stereocenters. The maximum Gasteiger partial charge on any atom is 0.387 e. The van der Waals surface area contributed by atoms with Crippen LogP contribution in [0.15, 0.2) is 36.7 Å². The Bertz CT molecular complexity index is 816. The van der Waals surface area contributed by atoms with Gasteiger partial charge in [0.15, 0.2) is 0 Å². The number of methoxy groups -OCH3 is 1. The number of benzene rings is 1. The SMILES string of the molecule is COc1cncc(C(=O)N2CCOC(c3cccc(OC(F)F)c3)C2)c1C. The molecule has 144 valence electrons. The first-order valence-corrected chi connectivity index (χ1v) is 8.44. The third-order valence-electron chi connectivity index (χ3n) is 4.43. The molecular formula is C19H20F2N2O4. The van der Waals surface area contributed by atoms with Crippen LogP contribution in [0.3, 0.4) is 0 Å². The minimum Gasteiger partial charge on any atom is -0.495 e. The summed E-state index contributed by atoms with van der Waals surface area (Å²) in [6.07, 6.45) is 2.65. The van der Waals surface area contributed by atoms with Crippen molar-refractivity contribution in [3.63, 3.8) is 0 Å². The van der Waals surface area contributed by atoms with E-state index in [9.17, 15) is 13.6 Å². The van der Waals surface area contributed by atoms with Gasteiger partial charge in [-0.3, -0.25) is 9.78 Å². The van der Waals surface area contributed by atoms with Crippen LogP contribution in [0, 0.1) is 6.92 Å². The molecule has 1 aromatic carbocycles. The molecule has 2 heterocycles. The number of carbonyl (C=O) groups is 1. The predicted molar refractivity (Wildman–Crippen MR) is 93.2 cm³/mol. The molecule has 8 heteroatoms. The topological polar surface area (TPSA) is 60.9 Å². The second-order valence-electron chi connectivity index (χ2n) is 6.08. The lowest BCUT2D eigenvalue weighted by Gasteiger charge is -2.33. The van der Waals surface area contributed by atoms with E-state index in [0.29, 0.717) is 42.1 Å². The number of amides is 1. The molecule has 2 aromatic rings. The zero-order valence-corrected chi connectivity index (χ0v) is 15.0. The van der Waals surface area contributed by atoms with Crippen molar-refractivity contribution in [2.24, 2.45) is 0 Å². The van der Waals surface area contributed by atoms with Crippen LogP contribution < -0.4 is 9.47 Å². The van der Waals surface area contributed by atoms with E-state index in [1.54, 1.807) is 30.2 Å². The van der Waals surface area contributed by atoms with Gasteiger partial charge >= 0.3 is 6.61 Å². The third-order valence-corrected chi connectivity index (χ3v) is 4.43. The molecule has 27 heavy (non-hydrogen) atoms. The smallest absolute Gasteiger partial charge is 0.387 e. The van der Waals surface area contributed by atoms with Crippen molar-refractivity contribution in [2.75, 3.05) is 26.8 Å². The molecule has 1 aliphatic rings. The highest BCUT2D eigenvalue weighted by molar-refractivity contribution is 5.96. The molecule has 1 amide bonds. The maximum absolute atomic E-state index is 12.9. The van der Waals surface area contributed by atoms with E-state index < -0.39 is 12.7 Å². The summed E-state index contributed by atoms with van der Waals surface area (Å²) in [5, 5.41) is 0. The average molecular weight is 378 g/mol. The molecule has 0 radical (unpaired) electrons. The molecule has 0 N–H and O–H groups in total. The van der Waals surface area contributed by atoms with Crippen LogP contribution in [-0.2, 0) is 4.74 Å². The Morgan fingerprint density at radius 3 is 2.93 bits per heavy atom. The number of hydrogen-bond acceptors (Lipinski definition) is 5. The molecule has 6 nitrogen and oxygen atoms in total. The minimum absolute atomic E-state index is 0.0578. The number of ether oxygens (including phenoxy) is 3. The molecule has 1 aromatic heterocycles. The van der Waals surface area contributed by atoms with Gasteiger partial charge in [-0.15, -0.1) is 0 Å². The number of alkyl halides is 2. The van der Waals surface area contributed by atoms with Crippen LogP contribution in [0.25, 0.3) is 0 Å². The van der Waals surface area contributed by atoms with Gasteiger partial charge in [0.05, 0.1) is 32.0 Å². The fraction of sp³-hybridized carbons (Fsp3) is 0.368. The summed E-state index contributed by atoms with van der Waals surface area (Å²) in [6, 6.07) is 6.33. The lowest BCUT2D eigenvalue weighted by atomic mass is 10.1. The fourth-order valence-corrected chi connectivity index (χ4v) is 3.02. The maximum atomic E-state index is 12.9. The fourth-order valence-electron chi connectivity index (χ4n) is 3.02. The largest absolute Gasteiger partial charge is 0.495 e. The number of aromatic nitrogens is 1. The minimum atomic E-state index is -2.89. The van der Waals surface area contributed by atoms with Crippen molar-refractivity contribution in [3.05, 3.63) is 53.3 Å². The molecule has 1 fully saturated rings. The van der Waals surface area contributed by atoms with Gasteiger partial charge in [-0.25, -0.2) is 0 Å². The molecule has 0 spiro atoms. The highest BCUT2D eigenvalue weighted by atomic mass is 19.3. The normalized spacial score (nSPS) is 17.1. The second-order valence-corrected chi connectivity index (χ2v) is 6.08. The third kappa shape index (κ3) is 4.33. The van der Waals surface area contributed by atoms with Crippen LogP contribution in [0.1, 0.15) is 27.6 Å². The Morgan fingerprint density at radius 2 is 2.19 bits per heavy atom. The summed E-state index contributed by atoms with van der Waals surface area (Å²) in [7, 11) is 1.53. The first-order valence-electron chi connectivity index (χ1n) is 8.44. The summed E-state index contributed by atoms with van der Waals surface area (Å²) >= 11 is 0. The van der Waals surface area contributed by atoms with E-state index in [4.69, 9.17) is 9.47 Å². The van der Waals surface area contributed by atoms with Crippen molar-refractivity contribution in [1.82, 2.24) is 9.88 Å². The van der Waals surface area contributed by atoms with Crippen LogP contribution in [0.2, 0.25) is 0 Å². The summed E-state index contributed by atoms with van der Waals surface area (Å²) in [4.78, 5) is 18.7. The quantitative estimate of drug-likeness (QED) is 0.800. The zero-order valence-electron chi connectivity index (χ0n) is 15.0. The van der Waals surface area contributed by atoms with E-state index in [1.807, 2.05) is 0 Å². The monoisotopic (exact) mass is 378 g/mol. The Balaban J connectivity index is 1.77. The summed E-state index contributed by atoms with van der Waals surface area (Å²) in [5.41, 5.74) is 1.85. The van der Waals surface area contributed by atoms with Gasteiger partial charge in [-0.1, -0.05) is 12.1 Å².